The highest BCUT2D eigenvalue weighted by atomic mass is 16.5. The minimum Gasteiger partial charge on any atom is -0.464 e. The van der Waals surface area contributed by atoms with Crippen LogP contribution in [-0.4, -0.2) is 11.9 Å². The lowest BCUT2D eigenvalue weighted by atomic mass is 9.51. The van der Waals surface area contributed by atoms with Gasteiger partial charge in [0, 0.05) is 45.9 Å². The second kappa shape index (κ2) is 4.65. The van der Waals surface area contributed by atoms with Crippen molar-refractivity contribution in [3.63, 3.8) is 0 Å². The van der Waals surface area contributed by atoms with Crippen LogP contribution in [0.25, 0.3) is 21.9 Å². The van der Waals surface area contributed by atoms with Crippen molar-refractivity contribution in [2.45, 2.75) is 11.8 Å². The molecular weight excluding hydrogens is 360 g/mol. The first kappa shape index (κ1) is 14.5. The first-order chi connectivity index (χ1) is 13.7. The van der Waals surface area contributed by atoms with Crippen molar-refractivity contribution < 1.29 is 27.9 Å². The van der Waals surface area contributed by atoms with E-state index in [-0.39, 0.29) is 23.8 Å². The molecule has 4 heterocycles. The fourth-order valence-corrected chi connectivity index (χ4v) is 5.18. The van der Waals surface area contributed by atoms with Gasteiger partial charge >= 0.3 is 11.9 Å². The number of rotatable bonds is 0. The van der Waals surface area contributed by atoms with Gasteiger partial charge in [0.15, 0.2) is 0 Å². The Morgan fingerprint density at radius 2 is 1.07 bits per heavy atom. The Bertz CT molecular complexity index is 1240. The van der Waals surface area contributed by atoms with Gasteiger partial charge in [-0.25, -0.2) is 0 Å². The summed E-state index contributed by atoms with van der Waals surface area (Å²) in [5.74, 6) is -1.05. The van der Waals surface area contributed by atoms with Gasteiger partial charge < -0.3 is 18.3 Å². The zero-order chi connectivity index (χ0) is 18.6. The summed E-state index contributed by atoms with van der Waals surface area (Å²) in [6, 6.07) is 11.3. The van der Waals surface area contributed by atoms with Crippen molar-refractivity contribution in [2.24, 2.45) is 11.8 Å². The highest BCUT2D eigenvalue weighted by Crippen LogP contribution is 2.65. The van der Waals surface area contributed by atoms with Crippen LogP contribution in [0.4, 0.5) is 0 Å². The molecule has 0 spiro atoms. The Morgan fingerprint density at radius 1 is 0.607 bits per heavy atom. The number of fused-ring (bicyclic) bond motifs is 10. The van der Waals surface area contributed by atoms with E-state index < -0.39 is 11.8 Å². The molecule has 6 nitrogen and oxygen atoms in total. The Hall–Kier alpha value is -3.54. The van der Waals surface area contributed by atoms with Gasteiger partial charge in [-0.3, -0.25) is 9.59 Å². The Labute approximate surface area is 157 Å². The molecule has 4 atom stereocenters. The summed E-state index contributed by atoms with van der Waals surface area (Å²) in [5.41, 5.74) is 3.22. The topological polar surface area (TPSA) is 78.9 Å². The highest BCUT2D eigenvalue weighted by molar-refractivity contribution is 5.95. The molecule has 6 heteroatoms. The molecule has 0 bridgehead atoms. The molecule has 28 heavy (non-hydrogen) atoms. The molecule has 2 aliphatic heterocycles. The first-order valence-corrected chi connectivity index (χ1v) is 9.15. The lowest BCUT2D eigenvalue weighted by Gasteiger charge is -2.53. The van der Waals surface area contributed by atoms with Crippen LogP contribution >= 0.6 is 0 Å². The summed E-state index contributed by atoms with van der Waals surface area (Å²) in [4.78, 5) is 25.4. The SMILES string of the molecule is O=C1Oc2cc3occc3cc2C2C1C1C(=O)Oc3cc4occc4cc3C12. The van der Waals surface area contributed by atoms with Crippen molar-refractivity contribution >= 4 is 33.9 Å². The minimum atomic E-state index is -0.525. The lowest BCUT2D eigenvalue weighted by molar-refractivity contribution is -0.165. The quantitative estimate of drug-likeness (QED) is 0.341. The van der Waals surface area contributed by atoms with Crippen LogP contribution < -0.4 is 9.47 Å². The van der Waals surface area contributed by atoms with Crippen molar-refractivity contribution in [3.05, 3.63) is 60.1 Å². The molecule has 4 unspecified atom stereocenters. The molecule has 0 saturated heterocycles. The molecule has 2 aromatic heterocycles. The number of carbonyl (C=O) groups excluding carboxylic acids is 2. The van der Waals surface area contributed by atoms with Crippen LogP contribution in [0.5, 0.6) is 11.5 Å². The molecule has 0 N–H and O–H groups in total. The molecule has 1 saturated carbocycles. The van der Waals surface area contributed by atoms with Gasteiger partial charge in [0.1, 0.15) is 22.7 Å². The molecule has 136 valence electrons. The standard InChI is InChI=1S/C22H12O6/c23-21-19-17(11-5-9-1-3-25-13(9)7-15(11)27-21)18-12-6-10-2-4-26-14(10)8-16(12)28-22(24)20(18)19/h1-8,17-20H. The van der Waals surface area contributed by atoms with Gasteiger partial charge in [0.05, 0.1) is 24.4 Å². The summed E-state index contributed by atoms with van der Waals surface area (Å²) in [6.07, 6.45) is 3.23. The molecule has 2 aromatic carbocycles. The Kier molecular flexibility index (Phi) is 2.41. The van der Waals surface area contributed by atoms with Crippen molar-refractivity contribution in [1.82, 2.24) is 0 Å². The molecular formula is C22H12O6. The number of hydrogen-bond acceptors (Lipinski definition) is 6. The van der Waals surface area contributed by atoms with E-state index in [2.05, 4.69) is 0 Å². The van der Waals surface area contributed by atoms with Gasteiger partial charge in [0.25, 0.3) is 0 Å². The van der Waals surface area contributed by atoms with E-state index in [4.69, 9.17) is 18.3 Å². The first-order valence-electron chi connectivity index (χ1n) is 9.15. The van der Waals surface area contributed by atoms with Crippen molar-refractivity contribution in [1.29, 1.82) is 0 Å². The number of ether oxygens (including phenoxy) is 2. The Balaban J connectivity index is 1.47. The van der Waals surface area contributed by atoms with E-state index in [1.807, 2.05) is 24.3 Å². The second-order valence-corrected chi connectivity index (χ2v) is 7.64. The predicted molar refractivity (Wildman–Crippen MR) is 96.2 cm³/mol. The van der Waals surface area contributed by atoms with Gasteiger partial charge in [0.2, 0.25) is 0 Å². The van der Waals surface area contributed by atoms with E-state index in [9.17, 15) is 9.59 Å². The number of hydrogen-bond donors (Lipinski definition) is 0. The maximum Gasteiger partial charge on any atom is 0.315 e. The third-order valence-electron chi connectivity index (χ3n) is 6.40. The summed E-state index contributed by atoms with van der Waals surface area (Å²) < 4.78 is 22.0. The van der Waals surface area contributed by atoms with Crippen LogP contribution in [0, 0.1) is 11.8 Å². The number of benzene rings is 2. The largest absolute Gasteiger partial charge is 0.464 e. The molecule has 3 aliphatic rings. The number of carbonyl (C=O) groups is 2. The van der Waals surface area contributed by atoms with Crippen LogP contribution in [-0.2, 0) is 9.59 Å². The molecule has 1 aliphatic carbocycles. The maximum absolute atomic E-state index is 12.7. The number of furan rings is 2. The molecule has 4 aromatic rings. The molecule has 0 radical (unpaired) electrons. The summed E-state index contributed by atoms with van der Waals surface area (Å²) in [7, 11) is 0. The van der Waals surface area contributed by atoms with E-state index >= 15 is 0 Å². The third-order valence-corrected chi connectivity index (χ3v) is 6.40. The highest BCUT2D eigenvalue weighted by Gasteiger charge is 2.64. The normalized spacial score (nSPS) is 27.3. The van der Waals surface area contributed by atoms with E-state index in [1.165, 1.54) is 0 Å². The zero-order valence-electron chi connectivity index (χ0n) is 14.4. The van der Waals surface area contributed by atoms with Gasteiger partial charge in [-0.15, -0.1) is 0 Å². The monoisotopic (exact) mass is 372 g/mol. The Morgan fingerprint density at radius 3 is 1.54 bits per heavy atom. The smallest absolute Gasteiger partial charge is 0.315 e. The van der Waals surface area contributed by atoms with Crippen LogP contribution in [0.15, 0.2) is 57.8 Å². The van der Waals surface area contributed by atoms with Crippen molar-refractivity contribution in [2.75, 3.05) is 0 Å². The summed E-state index contributed by atoms with van der Waals surface area (Å²) in [6.45, 7) is 0. The fraction of sp³-hybridized carbons (Fsp3) is 0.182. The minimum absolute atomic E-state index is 0.128. The lowest BCUT2D eigenvalue weighted by Crippen LogP contribution is -2.57. The van der Waals surface area contributed by atoms with Crippen molar-refractivity contribution in [3.8, 4) is 11.5 Å². The molecule has 1 fully saturated rings. The molecule has 0 amide bonds. The van der Waals surface area contributed by atoms with E-state index in [0.29, 0.717) is 22.7 Å². The van der Waals surface area contributed by atoms with Gasteiger partial charge in [-0.05, 0) is 24.3 Å². The van der Waals surface area contributed by atoms with E-state index in [0.717, 1.165) is 21.9 Å². The number of esters is 2. The van der Waals surface area contributed by atoms with Crippen LogP contribution in [0.1, 0.15) is 23.0 Å². The fourth-order valence-electron chi connectivity index (χ4n) is 5.18. The predicted octanol–water partition coefficient (Wildman–Crippen LogP) is 4.13. The average molecular weight is 372 g/mol. The van der Waals surface area contributed by atoms with E-state index in [1.54, 1.807) is 24.7 Å². The second-order valence-electron chi connectivity index (χ2n) is 7.64. The maximum atomic E-state index is 12.7. The molecule has 7 rings (SSSR count). The van der Waals surface area contributed by atoms with Gasteiger partial charge in [-0.1, -0.05) is 0 Å². The average Bonchev–Trinajstić information content (AvgIpc) is 3.28. The summed E-state index contributed by atoms with van der Waals surface area (Å²) in [5, 5.41) is 1.89. The van der Waals surface area contributed by atoms with Crippen LogP contribution in [0.2, 0.25) is 0 Å². The summed E-state index contributed by atoms with van der Waals surface area (Å²) >= 11 is 0. The zero-order valence-corrected chi connectivity index (χ0v) is 14.4. The van der Waals surface area contributed by atoms with Gasteiger partial charge in [-0.2, -0.15) is 0 Å². The third kappa shape index (κ3) is 1.60. The van der Waals surface area contributed by atoms with Crippen LogP contribution in [0.3, 0.4) is 0 Å².